The number of carboxylic acids is 1. The molecule has 16 heavy (non-hydrogen) atoms. The van der Waals surface area contributed by atoms with Gasteiger partial charge >= 0.3 is 5.97 Å². The van der Waals surface area contributed by atoms with Crippen LogP contribution in [0.1, 0.15) is 25.3 Å². The van der Waals surface area contributed by atoms with Gasteiger partial charge in [-0.1, -0.05) is 30.3 Å². The van der Waals surface area contributed by atoms with Gasteiger partial charge in [0.1, 0.15) is 5.54 Å². The second-order valence-corrected chi connectivity index (χ2v) is 4.88. The lowest BCUT2D eigenvalue weighted by Gasteiger charge is -2.47. The van der Waals surface area contributed by atoms with E-state index in [2.05, 4.69) is 12.1 Å². The SMILES string of the molecule is CC(C)(C(=O)O)N1CC(c2ccccc2)C1. The molecule has 86 valence electrons. The Morgan fingerprint density at radius 2 is 1.88 bits per heavy atom. The number of carboxylic acid groups (broad SMARTS) is 1. The van der Waals surface area contributed by atoms with Crippen molar-refractivity contribution in [2.24, 2.45) is 0 Å². The van der Waals surface area contributed by atoms with Gasteiger partial charge in [0.25, 0.3) is 0 Å². The largest absolute Gasteiger partial charge is 0.480 e. The summed E-state index contributed by atoms with van der Waals surface area (Å²) >= 11 is 0. The van der Waals surface area contributed by atoms with Crippen LogP contribution in [0.5, 0.6) is 0 Å². The van der Waals surface area contributed by atoms with E-state index in [4.69, 9.17) is 5.11 Å². The minimum Gasteiger partial charge on any atom is -0.480 e. The molecule has 0 amide bonds. The number of rotatable bonds is 3. The molecule has 0 aliphatic carbocycles. The summed E-state index contributed by atoms with van der Waals surface area (Å²) in [5, 5.41) is 9.09. The third-order valence-corrected chi connectivity index (χ3v) is 3.47. The van der Waals surface area contributed by atoms with Gasteiger partial charge in [-0.3, -0.25) is 9.69 Å². The first-order valence-electron chi connectivity index (χ1n) is 5.55. The fraction of sp³-hybridized carbons (Fsp3) is 0.462. The first-order chi connectivity index (χ1) is 7.51. The highest BCUT2D eigenvalue weighted by atomic mass is 16.4. The fourth-order valence-electron chi connectivity index (χ4n) is 2.01. The van der Waals surface area contributed by atoms with Crippen molar-refractivity contribution < 1.29 is 9.90 Å². The molecular formula is C13H17NO2. The van der Waals surface area contributed by atoms with E-state index in [0.717, 1.165) is 13.1 Å². The lowest BCUT2D eigenvalue weighted by molar-refractivity contribution is -0.152. The molecule has 1 aromatic carbocycles. The van der Waals surface area contributed by atoms with Gasteiger partial charge in [0, 0.05) is 19.0 Å². The van der Waals surface area contributed by atoms with Gasteiger partial charge in [-0.25, -0.2) is 0 Å². The third-order valence-electron chi connectivity index (χ3n) is 3.47. The molecule has 0 saturated carbocycles. The quantitative estimate of drug-likeness (QED) is 0.844. The zero-order chi connectivity index (χ0) is 11.8. The van der Waals surface area contributed by atoms with Gasteiger partial charge in [0.15, 0.2) is 0 Å². The second kappa shape index (κ2) is 3.91. The van der Waals surface area contributed by atoms with Crippen LogP contribution >= 0.6 is 0 Å². The molecule has 3 heteroatoms. The molecule has 1 heterocycles. The number of aliphatic carboxylic acids is 1. The summed E-state index contributed by atoms with van der Waals surface area (Å²) < 4.78 is 0. The van der Waals surface area contributed by atoms with Crippen molar-refractivity contribution in [2.75, 3.05) is 13.1 Å². The molecule has 1 fully saturated rings. The van der Waals surface area contributed by atoms with Crippen LogP contribution in [0.2, 0.25) is 0 Å². The Kier molecular flexibility index (Phi) is 2.72. The second-order valence-electron chi connectivity index (χ2n) is 4.88. The number of hydrogen-bond acceptors (Lipinski definition) is 2. The maximum absolute atomic E-state index is 11.1. The Labute approximate surface area is 95.7 Å². The number of benzene rings is 1. The van der Waals surface area contributed by atoms with Gasteiger partial charge in [-0.15, -0.1) is 0 Å². The number of hydrogen-bond donors (Lipinski definition) is 1. The summed E-state index contributed by atoms with van der Waals surface area (Å²) in [6, 6.07) is 10.3. The molecule has 1 aliphatic rings. The van der Waals surface area contributed by atoms with E-state index in [1.165, 1.54) is 5.56 Å². The van der Waals surface area contributed by atoms with Gasteiger partial charge in [0.05, 0.1) is 0 Å². The van der Waals surface area contributed by atoms with Crippen molar-refractivity contribution in [3.8, 4) is 0 Å². The van der Waals surface area contributed by atoms with Crippen molar-refractivity contribution in [2.45, 2.75) is 25.3 Å². The molecule has 0 bridgehead atoms. The zero-order valence-electron chi connectivity index (χ0n) is 9.68. The molecule has 0 radical (unpaired) electrons. The molecule has 3 nitrogen and oxygen atoms in total. The average Bonchev–Trinajstić information content (AvgIpc) is 2.16. The van der Waals surface area contributed by atoms with Crippen LogP contribution in [-0.4, -0.2) is 34.6 Å². The van der Waals surface area contributed by atoms with Crippen LogP contribution in [0.15, 0.2) is 30.3 Å². The van der Waals surface area contributed by atoms with Crippen LogP contribution in [0.3, 0.4) is 0 Å². The van der Waals surface area contributed by atoms with Gasteiger partial charge in [-0.05, 0) is 19.4 Å². The lowest BCUT2D eigenvalue weighted by atomic mass is 9.86. The average molecular weight is 219 g/mol. The number of carbonyl (C=O) groups is 1. The monoisotopic (exact) mass is 219 g/mol. The van der Waals surface area contributed by atoms with E-state index in [9.17, 15) is 4.79 Å². The molecule has 2 rings (SSSR count). The molecule has 0 spiro atoms. The topological polar surface area (TPSA) is 40.5 Å². The Morgan fingerprint density at radius 1 is 1.31 bits per heavy atom. The minimum atomic E-state index is -0.751. The Balaban J connectivity index is 1.99. The molecule has 1 aliphatic heterocycles. The van der Waals surface area contributed by atoms with Crippen LogP contribution in [-0.2, 0) is 4.79 Å². The number of nitrogens with zero attached hydrogens (tertiary/aromatic N) is 1. The fourth-order valence-corrected chi connectivity index (χ4v) is 2.01. The van der Waals surface area contributed by atoms with Gasteiger partial charge in [0.2, 0.25) is 0 Å². The van der Waals surface area contributed by atoms with E-state index in [1.807, 2.05) is 23.1 Å². The van der Waals surface area contributed by atoms with Gasteiger partial charge < -0.3 is 5.11 Å². The van der Waals surface area contributed by atoms with E-state index >= 15 is 0 Å². The summed E-state index contributed by atoms with van der Waals surface area (Å²) in [4.78, 5) is 13.1. The van der Waals surface area contributed by atoms with Crippen LogP contribution < -0.4 is 0 Å². The summed E-state index contributed by atoms with van der Waals surface area (Å²) in [6.45, 7) is 5.19. The first-order valence-corrected chi connectivity index (χ1v) is 5.55. The normalized spacial score (nSPS) is 18.1. The van der Waals surface area contributed by atoms with Crippen LogP contribution in [0, 0.1) is 0 Å². The van der Waals surface area contributed by atoms with Crippen molar-refractivity contribution >= 4 is 5.97 Å². The Morgan fingerprint density at radius 3 is 2.38 bits per heavy atom. The maximum atomic E-state index is 11.1. The molecule has 1 aromatic rings. The van der Waals surface area contributed by atoms with E-state index < -0.39 is 11.5 Å². The summed E-state index contributed by atoms with van der Waals surface area (Å²) in [7, 11) is 0. The van der Waals surface area contributed by atoms with Crippen molar-refractivity contribution in [3.63, 3.8) is 0 Å². The summed E-state index contributed by atoms with van der Waals surface area (Å²) in [5.41, 5.74) is 0.561. The third kappa shape index (κ3) is 1.83. The smallest absolute Gasteiger partial charge is 0.323 e. The standard InChI is InChI=1S/C13H17NO2/c1-13(2,12(15)16)14-8-11(9-14)10-6-4-3-5-7-10/h3-7,11H,8-9H2,1-2H3,(H,15,16). The van der Waals surface area contributed by atoms with Crippen molar-refractivity contribution in [3.05, 3.63) is 35.9 Å². The van der Waals surface area contributed by atoms with Crippen molar-refractivity contribution in [1.82, 2.24) is 4.90 Å². The Bertz CT molecular complexity index is 380. The highest BCUT2D eigenvalue weighted by Gasteiger charge is 2.42. The molecule has 1 N–H and O–H groups in total. The molecule has 0 aromatic heterocycles. The maximum Gasteiger partial charge on any atom is 0.323 e. The molecule has 1 saturated heterocycles. The van der Waals surface area contributed by atoms with E-state index in [-0.39, 0.29) is 0 Å². The molecule has 0 unspecified atom stereocenters. The predicted molar refractivity (Wildman–Crippen MR) is 62.5 cm³/mol. The zero-order valence-corrected chi connectivity index (χ0v) is 9.68. The predicted octanol–water partition coefficient (Wildman–Crippen LogP) is 1.95. The summed E-state index contributed by atoms with van der Waals surface area (Å²) in [5.74, 6) is -0.265. The number of likely N-dealkylation sites (tertiary alicyclic amines) is 1. The van der Waals surface area contributed by atoms with E-state index in [1.54, 1.807) is 13.8 Å². The Hall–Kier alpha value is -1.35. The molecular weight excluding hydrogens is 202 g/mol. The van der Waals surface area contributed by atoms with Crippen LogP contribution in [0.25, 0.3) is 0 Å². The first kappa shape index (κ1) is 11.1. The molecule has 0 atom stereocenters. The van der Waals surface area contributed by atoms with E-state index in [0.29, 0.717) is 5.92 Å². The summed E-state index contributed by atoms with van der Waals surface area (Å²) in [6.07, 6.45) is 0. The highest BCUT2D eigenvalue weighted by Crippen LogP contribution is 2.32. The van der Waals surface area contributed by atoms with Crippen molar-refractivity contribution in [1.29, 1.82) is 0 Å². The minimum absolute atomic E-state index is 0.486. The van der Waals surface area contributed by atoms with Crippen LogP contribution in [0.4, 0.5) is 0 Å². The lowest BCUT2D eigenvalue weighted by Crippen LogP contribution is -2.59. The highest BCUT2D eigenvalue weighted by molar-refractivity contribution is 5.77. The van der Waals surface area contributed by atoms with Gasteiger partial charge in [-0.2, -0.15) is 0 Å².